The van der Waals surface area contributed by atoms with Crippen molar-refractivity contribution >= 4 is 45.7 Å². The number of anilines is 1. The Kier molecular flexibility index (Phi) is 4.09. The minimum Gasteiger partial charge on any atom is -0.358 e. The fraction of sp³-hybridized carbons (Fsp3) is 0.308. The van der Waals surface area contributed by atoms with E-state index in [4.69, 9.17) is 11.6 Å². The number of carbonyl (C=O) groups excluding carboxylic acids is 1. The molecule has 0 unspecified atom stereocenters. The summed E-state index contributed by atoms with van der Waals surface area (Å²) in [6.45, 7) is 1.90. The summed E-state index contributed by atoms with van der Waals surface area (Å²) in [6, 6.07) is 5.71. The smallest absolute Gasteiger partial charge is 0.160 e. The Bertz CT molecular complexity index is 496. The first-order chi connectivity index (χ1) is 8.08. The van der Waals surface area contributed by atoms with Crippen LogP contribution in [0.4, 0.5) is 5.69 Å². The Hall–Kier alpha value is -0.550. The zero-order valence-corrected chi connectivity index (χ0v) is 12.4. The Morgan fingerprint density at radius 1 is 1.35 bits per heavy atom. The van der Waals surface area contributed by atoms with Crippen molar-refractivity contribution in [2.45, 2.75) is 26.2 Å². The predicted molar refractivity (Wildman–Crippen MR) is 79.3 cm³/mol. The first-order valence-corrected chi connectivity index (χ1v) is 6.98. The Labute approximate surface area is 120 Å². The third-order valence-corrected chi connectivity index (χ3v) is 4.05. The molecule has 1 aliphatic carbocycles. The molecule has 0 aliphatic heterocycles. The van der Waals surface area contributed by atoms with Gasteiger partial charge in [0.05, 0.1) is 5.69 Å². The minimum atomic E-state index is 0.253. The van der Waals surface area contributed by atoms with Gasteiger partial charge in [0.2, 0.25) is 0 Å². The van der Waals surface area contributed by atoms with Crippen LogP contribution in [0.25, 0.3) is 0 Å². The topological polar surface area (TPSA) is 29.1 Å². The van der Waals surface area contributed by atoms with E-state index in [1.54, 1.807) is 0 Å². The van der Waals surface area contributed by atoms with Crippen molar-refractivity contribution in [1.29, 1.82) is 0 Å². The number of ketones is 1. The van der Waals surface area contributed by atoms with E-state index in [0.717, 1.165) is 38.4 Å². The lowest BCUT2D eigenvalue weighted by molar-refractivity contribution is -0.116. The van der Waals surface area contributed by atoms with Gasteiger partial charge in [-0.1, -0.05) is 11.6 Å². The van der Waals surface area contributed by atoms with Crippen LogP contribution < -0.4 is 5.32 Å². The number of hydrogen-bond acceptors (Lipinski definition) is 2. The first-order valence-electron chi connectivity index (χ1n) is 5.53. The van der Waals surface area contributed by atoms with Crippen LogP contribution in [0.5, 0.6) is 0 Å². The van der Waals surface area contributed by atoms with Gasteiger partial charge in [-0.05, 0) is 60.6 Å². The van der Waals surface area contributed by atoms with Crippen LogP contribution in [-0.4, -0.2) is 5.78 Å². The van der Waals surface area contributed by atoms with Gasteiger partial charge in [-0.25, -0.2) is 0 Å². The minimum absolute atomic E-state index is 0.253. The highest BCUT2D eigenvalue weighted by molar-refractivity contribution is 14.1. The van der Waals surface area contributed by atoms with Gasteiger partial charge < -0.3 is 5.32 Å². The molecule has 0 aromatic heterocycles. The summed E-state index contributed by atoms with van der Waals surface area (Å²) in [7, 11) is 0. The number of Topliss-reactive ketones (excluding diaryl/α,β-unsaturated/α-hetero) is 1. The average Bonchev–Trinajstić information content (AvgIpc) is 2.28. The van der Waals surface area contributed by atoms with Crippen LogP contribution in [0.15, 0.2) is 29.5 Å². The van der Waals surface area contributed by atoms with Crippen LogP contribution in [0.1, 0.15) is 26.2 Å². The highest BCUT2D eigenvalue weighted by Crippen LogP contribution is 2.27. The van der Waals surface area contributed by atoms with E-state index >= 15 is 0 Å². The van der Waals surface area contributed by atoms with Gasteiger partial charge in [0.15, 0.2) is 5.78 Å². The third kappa shape index (κ3) is 3.01. The lowest BCUT2D eigenvalue weighted by Gasteiger charge is -2.19. The first kappa shape index (κ1) is 12.9. The lowest BCUT2D eigenvalue weighted by atomic mass is 9.96. The zero-order valence-electron chi connectivity index (χ0n) is 9.52. The van der Waals surface area contributed by atoms with Crippen molar-refractivity contribution < 1.29 is 4.79 Å². The number of rotatable bonds is 2. The summed E-state index contributed by atoms with van der Waals surface area (Å²) >= 11 is 8.15. The monoisotopic (exact) mass is 361 g/mol. The van der Waals surface area contributed by atoms with Crippen molar-refractivity contribution in [3.8, 4) is 0 Å². The molecule has 90 valence electrons. The number of allylic oxidation sites excluding steroid dienone is 2. The van der Waals surface area contributed by atoms with Gasteiger partial charge in [0.1, 0.15) is 0 Å². The van der Waals surface area contributed by atoms with Crippen molar-refractivity contribution in [2.75, 3.05) is 5.32 Å². The molecule has 17 heavy (non-hydrogen) atoms. The van der Waals surface area contributed by atoms with E-state index in [-0.39, 0.29) is 5.78 Å². The molecule has 0 atom stereocenters. The Morgan fingerprint density at radius 2 is 2.12 bits per heavy atom. The predicted octanol–water partition coefficient (Wildman–Crippen LogP) is 4.38. The summed E-state index contributed by atoms with van der Waals surface area (Å²) < 4.78 is 1.06. The highest BCUT2D eigenvalue weighted by atomic mass is 127. The molecule has 0 fully saturated rings. The lowest BCUT2D eigenvalue weighted by Crippen LogP contribution is -2.14. The zero-order chi connectivity index (χ0) is 12.4. The second-order valence-electron chi connectivity index (χ2n) is 4.13. The molecule has 2 nitrogen and oxygen atoms in total. The van der Waals surface area contributed by atoms with Gasteiger partial charge in [0, 0.05) is 26.3 Å². The summed E-state index contributed by atoms with van der Waals surface area (Å²) in [5.74, 6) is 0.253. The maximum atomic E-state index is 11.6. The maximum Gasteiger partial charge on any atom is 0.160 e. The van der Waals surface area contributed by atoms with E-state index < -0.39 is 0 Å². The molecule has 4 heteroatoms. The second-order valence-corrected chi connectivity index (χ2v) is 5.73. The molecule has 0 radical (unpaired) electrons. The quantitative estimate of drug-likeness (QED) is 0.792. The Balaban J connectivity index is 2.26. The summed E-state index contributed by atoms with van der Waals surface area (Å²) in [6.07, 6.45) is 2.55. The molecule has 0 spiro atoms. The van der Waals surface area contributed by atoms with E-state index in [2.05, 4.69) is 27.9 Å². The van der Waals surface area contributed by atoms with Crippen LogP contribution in [-0.2, 0) is 4.79 Å². The van der Waals surface area contributed by atoms with Crippen molar-refractivity contribution in [2.24, 2.45) is 0 Å². The van der Waals surface area contributed by atoms with Crippen LogP contribution in [0, 0.1) is 3.57 Å². The van der Waals surface area contributed by atoms with E-state index in [9.17, 15) is 4.79 Å². The number of nitrogens with one attached hydrogen (secondary N) is 1. The van der Waals surface area contributed by atoms with Gasteiger partial charge in [0.25, 0.3) is 0 Å². The molecule has 0 saturated carbocycles. The molecular formula is C13H13ClINO. The molecule has 1 aliphatic rings. The summed E-state index contributed by atoms with van der Waals surface area (Å²) in [5, 5.41) is 4.08. The standard InChI is InChI=1S/C13H13ClINO/c1-8-11(3-2-4-13(8)17)16-12-6-5-9(14)7-10(12)15/h5-7,16H,2-4H2,1H3. The number of hydrogen-bond donors (Lipinski definition) is 1. The SMILES string of the molecule is CC1=C(Nc2ccc(Cl)cc2I)CCCC1=O. The summed E-state index contributed by atoms with van der Waals surface area (Å²) in [4.78, 5) is 11.6. The summed E-state index contributed by atoms with van der Waals surface area (Å²) in [5.41, 5.74) is 2.92. The fourth-order valence-electron chi connectivity index (χ4n) is 1.88. The van der Waals surface area contributed by atoms with Gasteiger partial charge >= 0.3 is 0 Å². The van der Waals surface area contributed by atoms with E-state index in [1.165, 1.54) is 0 Å². The Morgan fingerprint density at radius 3 is 2.82 bits per heavy atom. The van der Waals surface area contributed by atoms with Gasteiger partial charge in [-0.3, -0.25) is 4.79 Å². The molecule has 0 saturated heterocycles. The molecule has 0 amide bonds. The molecule has 0 heterocycles. The molecule has 0 bridgehead atoms. The maximum absolute atomic E-state index is 11.6. The van der Waals surface area contributed by atoms with Crippen LogP contribution in [0.2, 0.25) is 5.02 Å². The van der Waals surface area contributed by atoms with Gasteiger partial charge in [-0.15, -0.1) is 0 Å². The number of benzene rings is 1. The fourth-order valence-corrected chi connectivity index (χ4v) is 2.88. The largest absolute Gasteiger partial charge is 0.358 e. The van der Waals surface area contributed by atoms with Crippen molar-refractivity contribution in [3.05, 3.63) is 38.1 Å². The van der Waals surface area contributed by atoms with Crippen molar-refractivity contribution in [3.63, 3.8) is 0 Å². The van der Waals surface area contributed by atoms with Gasteiger partial charge in [-0.2, -0.15) is 0 Å². The highest BCUT2D eigenvalue weighted by Gasteiger charge is 2.17. The molecule has 1 aromatic rings. The third-order valence-electron chi connectivity index (χ3n) is 2.92. The molecule has 2 rings (SSSR count). The normalized spacial score (nSPS) is 16.3. The van der Waals surface area contributed by atoms with Crippen LogP contribution in [0.3, 0.4) is 0 Å². The average molecular weight is 362 g/mol. The molecule has 1 N–H and O–H groups in total. The van der Waals surface area contributed by atoms with Crippen molar-refractivity contribution in [1.82, 2.24) is 0 Å². The van der Waals surface area contributed by atoms with E-state index in [0.29, 0.717) is 6.42 Å². The second kappa shape index (κ2) is 5.40. The van der Waals surface area contributed by atoms with E-state index in [1.807, 2.05) is 25.1 Å². The number of carbonyl (C=O) groups is 1. The van der Waals surface area contributed by atoms with Crippen LogP contribution >= 0.6 is 34.2 Å². The molecular weight excluding hydrogens is 349 g/mol. The molecule has 1 aromatic carbocycles. The number of halogens is 2.